The zero-order valence-electron chi connectivity index (χ0n) is 13.2. The number of ketones is 2. The van der Waals surface area contributed by atoms with Crippen LogP contribution in [0.3, 0.4) is 0 Å². The zero-order valence-corrected chi connectivity index (χ0v) is 14.0. The summed E-state index contributed by atoms with van der Waals surface area (Å²) in [6.07, 6.45) is 4.42. The van der Waals surface area contributed by atoms with E-state index in [9.17, 15) is 9.59 Å². The van der Waals surface area contributed by atoms with E-state index < -0.39 is 18.4 Å². The first-order valence-electron chi connectivity index (χ1n) is 8.18. The van der Waals surface area contributed by atoms with Gasteiger partial charge >= 0.3 is 0 Å². The van der Waals surface area contributed by atoms with Gasteiger partial charge in [0.25, 0.3) is 0 Å². The van der Waals surface area contributed by atoms with Gasteiger partial charge in [0.2, 0.25) is 0 Å². The highest BCUT2D eigenvalue weighted by Crippen LogP contribution is 2.36. The number of benzene rings is 1. The minimum absolute atomic E-state index is 0.0787. The van der Waals surface area contributed by atoms with Gasteiger partial charge in [0.15, 0.2) is 5.78 Å². The molecule has 5 heteroatoms. The Morgan fingerprint density at radius 3 is 2.35 bits per heavy atom. The Morgan fingerprint density at radius 2 is 1.78 bits per heavy atom. The lowest BCUT2D eigenvalue weighted by Crippen LogP contribution is -2.34. The second-order valence-corrected chi connectivity index (χ2v) is 6.77. The molecular weight excluding hydrogens is 314 g/mol. The van der Waals surface area contributed by atoms with Crippen LogP contribution >= 0.6 is 11.6 Å². The molecule has 1 atom stereocenters. The maximum absolute atomic E-state index is 12.3. The minimum atomic E-state index is -0.727. The van der Waals surface area contributed by atoms with Gasteiger partial charge in [-0.15, -0.1) is 0 Å². The third kappa shape index (κ3) is 5.13. The molecule has 0 unspecified atom stereocenters. The molecule has 1 saturated carbocycles. The molecule has 0 bridgehead atoms. The van der Waals surface area contributed by atoms with Crippen molar-refractivity contribution in [1.29, 1.82) is 0 Å². The number of hydrogen-bond donors (Lipinski definition) is 2. The number of carbonyl (C=O) groups is 2. The van der Waals surface area contributed by atoms with Crippen LogP contribution in [0.25, 0.3) is 0 Å². The number of aliphatic hydroxyl groups excluding tert-OH is 1. The molecule has 1 aromatic carbocycles. The molecule has 0 spiro atoms. The van der Waals surface area contributed by atoms with E-state index in [2.05, 4.69) is 12.1 Å². The van der Waals surface area contributed by atoms with Crippen LogP contribution < -0.4 is 5.73 Å². The molecule has 0 amide bonds. The van der Waals surface area contributed by atoms with Crippen LogP contribution in [0.15, 0.2) is 24.3 Å². The summed E-state index contributed by atoms with van der Waals surface area (Å²) in [5.74, 6) is 0.370. The smallest absolute Gasteiger partial charge is 0.174 e. The van der Waals surface area contributed by atoms with Crippen LogP contribution in [0.4, 0.5) is 0 Å². The number of rotatable bonds is 7. The van der Waals surface area contributed by atoms with Gasteiger partial charge in [-0.2, -0.15) is 0 Å². The SMILES string of the molecule is N[C@@H](CCC(=O)C1CCC(c2ccc(Cl)cc2)CC1)C(=O)CO. The zero-order chi connectivity index (χ0) is 16.8. The van der Waals surface area contributed by atoms with Crippen LogP contribution in [0, 0.1) is 5.92 Å². The van der Waals surface area contributed by atoms with E-state index in [0.717, 1.165) is 30.7 Å². The molecule has 2 rings (SSSR count). The molecule has 126 valence electrons. The van der Waals surface area contributed by atoms with E-state index in [-0.39, 0.29) is 11.7 Å². The molecule has 0 saturated heterocycles. The van der Waals surface area contributed by atoms with E-state index in [1.54, 1.807) is 0 Å². The number of Topliss-reactive ketones (excluding diaryl/α,β-unsaturated/α-hetero) is 2. The number of hydrogen-bond acceptors (Lipinski definition) is 4. The summed E-state index contributed by atoms with van der Waals surface area (Å²) in [5, 5.41) is 9.49. The van der Waals surface area contributed by atoms with E-state index in [1.807, 2.05) is 12.1 Å². The molecule has 0 heterocycles. The Kier molecular flexibility index (Phi) is 6.75. The van der Waals surface area contributed by atoms with Crippen LogP contribution in [0.2, 0.25) is 5.02 Å². The van der Waals surface area contributed by atoms with Gasteiger partial charge < -0.3 is 10.8 Å². The third-order valence-corrected chi connectivity index (χ3v) is 5.05. The molecule has 0 aromatic heterocycles. The average molecular weight is 338 g/mol. The number of halogens is 1. The van der Waals surface area contributed by atoms with Crippen molar-refractivity contribution in [2.75, 3.05) is 6.61 Å². The molecule has 1 aliphatic rings. The summed E-state index contributed by atoms with van der Waals surface area (Å²) in [4.78, 5) is 23.5. The van der Waals surface area contributed by atoms with Crippen molar-refractivity contribution in [3.63, 3.8) is 0 Å². The summed E-state index contributed by atoms with van der Waals surface area (Å²) < 4.78 is 0. The quantitative estimate of drug-likeness (QED) is 0.801. The van der Waals surface area contributed by atoms with Crippen LogP contribution in [0.5, 0.6) is 0 Å². The fraction of sp³-hybridized carbons (Fsp3) is 0.556. The fourth-order valence-corrected chi connectivity index (χ4v) is 3.39. The van der Waals surface area contributed by atoms with E-state index >= 15 is 0 Å². The molecule has 23 heavy (non-hydrogen) atoms. The number of aliphatic hydroxyl groups is 1. The highest BCUT2D eigenvalue weighted by Gasteiger charge is 2.27. The highest BCUT2D eigenvalue weighted by molar-refractivity contribution is 6.30. The molecule has 4 nitrogen and oxygen atoms in total. The Bertz CT molecular complexity index is 536. The highest BCUT2D eigenvalue weighted by atomic mass is 35.5. The molecule has 0 radical (unpaired) electrons. The first kappa shape index (κ1) is 18.1. The third-order valence-electron chi connectivity index (χ3n) is 4.80. The Labute approximate surface area is 142 Å². The normalized spacial score (nSPS) is 22.6. The Hall–Kier alpha value is -1.23. The largest absolute Gasteiger partial charge is 0.389 e. The fourth-order valence-electron chi connectivity index (χ4n) is 3.26. The van der Waals surface area contributed by atoms with Crippen LogP contribution in [0.1, 0.15) is 50.0 Å². The Morgan fingerprint density at radius 1 is 1.17 bits per heavy atom. The lowest BCUT2D eigenvalue weighted by molar-refractivity contribution is -0.125. The van der Waals surface area contributed by atoms with Crippen molar-refractivity contribution < 1.29 is 14.7 Å². The lowest BCUT2D eigenvalue weighted by Gasteiger charge is -2.28. The van der Waals surface area contributed by atoms with Crippen molar-refractivity contribution in [2.45, 2.75) is 50.5 Å². The van der Waals surface area contributed by atoms with Gasteiger partial charge in [-0.05, 0) is 55.7 Å². The van der Waals surface area contributed by atoms with E-state index in [4.69, 9.17) is 22.4 Å². The van der Waals surface area contributed by atoms with Crippen molar-refractivity contribution in [3.05, 3.63) is 34.9 Å². The standard InChI is InChI=1S/C18H24ClNO3/c19-15-7-5-13(6-8-15)12-1-3-14(4-2-12)17(22)10-9-16(20)18(23)11-21/h5-8,12,14,16,21H,1-4,9-11,20H2/t12?,14?,16-/m0/s1. The molecule has 3 N–H and O–H groups in total. The summed E-state index contributed by atoms with van der Waals surface area (Å²) in [6, 6.07) is 7.22. The van der Waals surface area contributed by atoms with Crippen molar-refractivity contribution in [1.82, 2.24) is 0 Å². The maximum atomic E-state index is 12.3. The number of carbonyl (C=O) groups excluding carboxylic acids is 2. The number of nitrogens with two attached hydrogens (primary N) is 1. The van der Waals surface area contributed by atoms with Crippen LogP contribution in [-0.4, -0.2) is 29.3 Å². The van der Waals surface area contributed by atoms with E-state index in [0.29, 0.717) is 18.8 Å². The summed E-state index contributed by atoms with van der Waals surface area (Å²) >= 11 is 5.91. The molecular formula is C18H24ClNO3. The second kappa shape index (κ2) is 8.57. The van der Waals surface area contributed by atoms with Gasteiger partial charge in [0, 0.05) is 17.4 Å². The van der Waals surface area contributed by atoms with Crippen molar-refractivity contribution in [2.24, 2.45) is 11.7 Å². The first-order valence-corrected chi connectivity index (χ1v) is 8.56. The predicted octanol–water partition coefficient (Wildman–Crippen LogP) is 2.85. The van der Waals surface area contributed by atoms with Gasteiger partial charge in [-0.3, -0.25) is 9.59 Å². The average Bonchev–Trinajstić information content (AvgIpc) is 2.59. The Balaban J connectivity index is 1.78. The molecule has 1 aromatic rings. The van der Waals surface area contributed by atoms with Crippen molar-refractivity contribution >= 4 is 23.2 Å². The predicted molar refractivity (Wildman–Crippen MR) is 90.5 cm³/mol. The van der Waals surface area contributed by atoms with Gasteiger partial charge in [-0.1, -0.05) is 23.7 Å². The molecule has 1 aliphatic carbocycles. The maximum Gasteiger partial charge on any atom is 0.174 e. The topological polar surface area (TPSA) is 80.4 Å². The van der Waals surface area contributed by atoms with Gasteiger partial charge in [0.05, 0.1) is 6.04 Å². The molecule has 0 aliphatic heterocycles. The lowest BCUT2D eigenvalue weighted by atomic mass is 9.76. The first-order chi connectivity index (χ1) is 11.0. The second-order valence-electron chi connectivity index (χ2n) is 6.34. The minimum Gasteiger partial charge on any atom is -0.389 e. The van der Waals surface area contributed by atoms with E-state index in [1.165, 1.54) is 5.56 Å². The van der Waals surface area contributed by atoms with Gasteiger partial charge in [-0.25, -0.2) is 0 Å². The summed E-state index contributed by atoms with van der Waals surface area (Å²) in [6.45, 7) is -0.554. The monoisotopic (exact) mass is 337 g/mol. The summed E-state index contributed by atoms with van der Waals surface area (Å²) in [5.41, 5.74) is 6.93. The van der Waals surface area contributed by atoms with Gasteiger partial charge in [0.1, 0.15) is 12.4 Å². The van der Waals surface area contributed by atoms with Crippen molar-refractivity contribution in [3.8, 4) is 0 Å². The molecule has 1 fully saturated rings. The van der Waals surface area contributed by atoms with Crippen LogP contribution in [-0.2, 0) is 9.59 Å². The summed E-state index contributed by atoms with van der Waals surface area (Å²) in [7, 11) is 0.